The zero-order chi connectivity index (χ0) is 14.0. The molecule has 1 N–H and O–H groups in total. The van der Waals surface area contributed by atoms with Crippen LogP contribution >= 0.6 is 0 Å². The van der Waals surface area contributed by atoms with Crippen molar-refractivity contribution in [3.63, 3.8) is 0 Å². The fourth-order valence-corrected chi connectivity index (χ4v) is 2.68. The van der Waals surface area contributed by atoms with Gasteiger partial charge in [0.1, 0.15) is 5.82 Å². The highest BCUT2D eigenvalue weighted by Crippen LogP contribution is 2.29. The Balaban J connectivity index is 2.31. The number of rotatable bonds is 3. The fourth-order valence-electron chi connectivity index (χ4n) is 2.68. The van der Waals surface area contributed by atoms with E-state index in [0.717, 1.165) is 30.9 Å². The number of hydrogen-bond donors (Lipinski definition) is 1. The van der Waals surface area contributed by atoms with Crippen LogP contribution in [-0.4, -0.2) is 44.2 Å². The van der Waals surface area contributed by atoms with Crippen molar-refractivity contribution in [3.05, 3.63) is 29.6 Å². The first-order valence-corrected chi connectivity index (χ1v) is 6.84. The molecule has 1 saturated heterocycles. The van der Waals surface area contributed by atoms with E-state index in [1.54, 1.807) is 12.1 Å². The molecular formula is C15H24FN3. The number of nitrogens with zero attached hydrogens (tertiary/aromatic N) is 2. The summed E-state index contributed by atoms with van der Waals surface area (Å²) in [5, 5.41) is 3.12. The van der Waals surface area contributed by atoms with E-state index in [1.165, 1.54) is 0 Å². The van der Waals surface area contributed by atoms with Crippen LogP contribution < -0.4 is 10.2 Å². The predicted molar refractivity (Wildman–Crippen MR) is 78.1 cm³/mol. The Morgan fingerprint density at radius 1 is 1.32 bits per heavy atom. The van der Waals surface area contributed by atoms with Gasteiger partial charge in [0, 0.05) is 31.7 Å². The van der Waals surface area contributed by atoms with E-state index in [4.69, 9.17) is 0 Å². The van der Waals surface area contributed by atoms with Gasteiger partial charge in [-0.2, -0.15) is 0 Å². The second-order valence-corrected chi connectivity index (χ2v) is 5.93. The van der Waals surface area contributed by atoms with E-state index in [9.17, 15) is 4.39 Å². The van der Waals surface area contributed by atoms with Crippen molar-refractivity contribution in [2.75, 3.05) is 38.6 Å². The highest BCUT2D eigenvalue weighted by molar-refractivity contribution is 5.55. The highest BCUT2D eigenvalue weighted by atomic mass is 19.1. The average Bonchev–Trinajstić information content (AvgIpc) is 2.33. The van der Waals surface area contributed by atoms with Gasteiger partial charge in [-0.05, 0) is 39.6 Å². The van der Waals surface area contributed by atoms with Gasteiger partial charge < -0.3 is 10.2 Å². The normalized spacial score (nSPS) is 19.7. The average molecular weight is 265 g/mol. The third-order valence-corrected chi connectivity index (χ3v) is 4.07. The summed E-state index contributed by atoms with van der Waals surface area (Å²) in [6.45, 7) is 7.79. The van der Waals surface area contributed by atoms with Crippen molar-refractivity contribution in [3.8, 4) is 0 Å². The molecule has 0 bridgehead atoms. The van der Waals surface area contributed by atoms with Gasteiger partial charge in [-0.15, -0.1) is 0 Å². The van der Waals surface area contributed by atoms with Gasteiger partial charge >= 0.3 is 0 Å². The van der Waals surface area contributed by atoms with Crippen molar-refractivity contribution < 1.29 is 4.39 Å². The highest BCUT2D eigenvalue weighted by Gasteiger charge is 2.32. The molecule has 1 aromatic rings. The van der Waals surface area contributed by atoms with Crippen LogP contribution in [0.3, 0.4) is 0 Å². The van der Waals surface area contributed by atoms with Gasteiger partial charge in [-0.25, -0.2) is 4.39 Å². The molecule has 1 aliphatic rings. The molecule has 1 heterocycles. The topological polar surface area (TPSA) is 18.5 Å². The third kappa shape index (κ3) is 2.90. The van der Waals surface area contributed by atoms with Crippen molar-refractivity contribution >= 4 is 5.69 Å². The molecule has 3 nitrogen and oxygen atoms in total. The van der Waals surface area contributed by atoms with Crippen LogP contribution in [0.1, 0.15) is 19.4 Å². The molecule has 0 saturated carbocycles. The Morgan fingerprint density at radius 2 is 2.05 bits per heavy atom. The Hall–Kier alpha value is -1.13. The summed E-state index contributed by atoms with van der Waals surface area (Å²) >= 11 is 0. The van der Waals surface area contributed by atoms with Crippen LogP contribution in [0.2, 0.25) is 0 Å². The molecule has 4 heteroatoms. The summed E-state index contributed by atoms with van der Waals surface area (Å²) in [5.41, 5.74) is 1.86. The lowest BCUT2D eigenvalue weighted by Gasteiger charge is -2.46. The number of halogens is 1. The SMILES string of the molecule is CNCc1cccc(F)c1N1CCN(C)C(C)(C)C1. The molecule has 0 aromatic heterocycles. The Bertz CT molecular complexity index is 445. The van der Waals surface area contributed by atoms with E-state index in [-0.39, 0.29) is 11.4 Å². The molecule has 0 atom stereocenters. The van der Waals surface area contributed by atoms with Gasteiger partial charge in [-0.1, -0.05) is 12.1 Å². The van der Waals surface area contributed by atoms with Gasteiger partial charge in [0.15, 0.2) is 0 Å². The maximum atomic E-state index is 14.2. The minimum atomic E-state index is -0.117. The van der Waals surface area contributed by atoms with Crippen molar-refractivity contribution in [1.82, 2.24) is 10.2 Å². The molecule has 1 aliphatic heterocycles. The minimum Gasteiger partial charge on any atom is -0.366 e. The molecule has 106 valence electrons. The lowest BCUT2D eigenvalue weighted by Crippen LogP contribution is -2.58. The standard InChI is InChI=1S/C15H24FN3/c1-15(2)11-19(9-8-18(15)4)14-12(10-17-3)6-5-7-13(14)16/h5-7,17H,8-11H2,1-4H3. The van der Waals surface area contributed by atoms with Crippen LogP contribution in [0.15, 0.2) is 18.2 Å². The molecular weight excluding hydrogens is 241 g/mol. The van der Waals surface area contributed by atoms with E-state index >= 15 is 0 Å². The van der Waals surface area contributed by atoms with Crippen molar-refractivity contribution in [2.45, 2.75) is 25.9 Å². The first kappa shape index (κ1) is 14.3. The summed E-state index contributed by atoms with van der Waals surface area (Å²) < 4.78 is 14.2. The number of anilines is 1. The van der Waals surface area contributed by atoms with Crippen molar-refractivity contribution in [2.24, 2.45) is 0 Å². The monoisotopic (exact) mass is 265 g/mol. The Kier molecular flexibility index (Phi) is 4.11. The number of hydrogen-bond acceptors (Lipinski definition) is 3. The summed E-state index contributed by atoms with van der Waals surface area (Å²) in [7, 11) is 4.02. The van der Waals surface area contributed by atoms with E-state index < -0.39 is 0 Å². The molecule has 0 spiro atoms. The van der Waals surface area contributed by atoms with Gasteiger partial charge in [0.05, 0.1) is 5.69 Å². The van der Waals surface area contributed by atoms with E-state index in [2.05, 4.69) is 36.0 Å². The molecule has 2 rings (SSSR count). The van der Waals surface area contributed by atoms with E-state index in [0.29, 0.717) is 6.54 Å². The van der Waals surface area contributed by atoms with Crippen LogP contribution in [0.5, 0.6) is 0 Å². The largest absolute Gasteiger partial charge is 0.366 e. The molecule has 0 radical (unpaired) electrons. The molecule has 0 amide bonds. The Morgan fingerprint density at radius 3 is 2.68 bits per heavy atom. The zero-order valence-electron chi connectivity index (χ0n) is 12.3. The molecule has 19 heavy (non-hydrogen) atoms. The quantitative estimate of drug-likeness (QED) is 0.902. The van der Waals surface area contributed by atoms with Crippen LogP contribution in [0.25, 0.3) is 0 Å². The summed E-state index contributed by atoms with van der Waals surface area (Å²) in [6, 6.07) is 5.34. The summed E-state index contributed by atoms with van der Waals surface area (Å²) in [5.74, 6) is -0.117. The lowest BCUT2D eigenvalue weighted by atomic mass is 9.98. The fraction of sp³-hybridized carbons (Fsp3) is 0.600. The predicted octanol–water partition coefficient (Wildman–Crippen LogP) is 2.08. The van der Waals surface area contributed by atoms with E-state index in [1.807, 2.05) is 13.1 Å². The number of nitrogens with one attached hydrogen (secondary N) is 1. The number of para-hydroxylation sites is 1. The van der Waals surface area contributed by atoms with Gasteiger partial charge in [0.2, 0.25) is 0 Å². The van der Waals surface area contributed by atoms with Gasteiger partial charge in [-0.3, -0.25) is 4.90 Å². The maximum absolute atomic E-state index is 14.2. The van der Waals surface area contributed by atoms with Crippen LogP contribution in [0, 0.1) is 5.82 Å². The van der Waals surface area contributed by atoms with Crippen LogP contribution in [0.4, 0.5) is 10.1 Å². The molecule has 1 aromatic carbocycles. The van der Waals surface area contributed by atoms with Crippen LogP contribution in [-0.2, 0) is 6.54 Å². The minimum absolute atomic E-state index is 0.0669. The molecule has 0 aliphatic carbocycles. The zero-order valence-corrected chi connectivity index (χ0v) is 12.3. The lowest BCUT2D eigenvalue weighted by molar-refractivity contribution is 0.138. The smallest absolute Gasteiger partial charge is 0.146 e. The second-order valence-electron chi connectivity index (χ2n) is 5.93. The first-order chi connectivity index (χ1) is 8.95. The summed E-state index contributed by atoms with van der Waals surface area (Å²) in [4.78, 5) is 4.52. The number of piperazine rings is 1. The third-order valence-electron chi connectivity index (χ3n) is 4.07. The summed E-state index contributed by atoms with van der Waals surface area (Å²) in [6.07, 6.45) is 0. The Labute approximate surface area is 115 Å². The van der Waals surface area contributed by atoms with Gasteiger partial charge in [0.25, 0.3) is 0 Å². The second kappa shape index (κ2) is 5.47. The van der Waals surface area contributed by atoms with Crippen molar-refractivity contribution in [1.29, 1.82) is 0 Å². The first-order valence-electron chi connectivity index (χ1n) is 6.84. The molecule has 0 unspecified atom stereocenters. The number of benzene rings is 1. The molecule has 1 fully saturated rings. The maximum Gasteiger partial charge on any atom is 0.146 e. The number of likely N-dealkylation sites (N-methyl/N-ethyl adjacent to an activating group) is 1.